The number of nitriles is 1. The highest BCUT2D eigenvalue weighted by atomic mass is 32.2. The molecule has 16 heteroatoms. The fraction of sp³-hybridized carbons (Fsp3) is 0.575. The van der Waals surface area contributed by atoms with Gasteiger partial charge >= 0.3 is 0 Å². The number of ether oxygens (including phenoxy) is 1. The SMILES string of the molecule is CCc1ccc(CCOc2ccc(CC3SC(=O)NC3=O)cc2)nc1.CN(C)C(=N)N=C(N)N.N#C[C@@H]1CCCN1C(=O)CNC12C[C@@H]3C[C@@H](CC(O)(C3)C1)C2. The molecule has 6 fully saturated rings. The van der Waals surface area contributed by atoms with E-state index in [0.29, 0.717) is 38.0 Å². The number of aliphatic imine (C=N–C) groups is 1. The number of rotatable bonds is 10. The van der Waals surface area contributed by atoms with Crippen molar-refractivity contribution in [2.24, 2.45) is 28.3 Å². The van der Waals surface area contributed by atoms with E-state index < -0.39 is 5.60 Å². The Kier molecular flexibility index (Phi) is 14.4. The van der Waals surface area contributed by atoms with Gasteiger partial charge in [-0.25, -0.2) is 0 Å². The lowest BCUT2D eigenvalue weighted by Gasteiger charge is -2.60. The van der Waals surface area contributed by atoms with Crippen LogP contribution < -0.4 is 26.8 Å². The van der Waals surface area contributed by atoms with Gasteiger partial charge in [0.2, 0.25) is 17.8 Å². The molecule has 0 spiro atoms. The van der Waals surface area contributed by atoms with Crippen molar-refractivity contribution in [2.45, 2.75) is 100.0 Å². The number of benzene rings is 1. The second kappa shape index (κ2) is 18.9. The molecule has 8 N–H and O–H groups in total. The Balaban J connectivity index is 0.000000178. The third kappa shape index (κ3) is 11.7. The highest BCUT2D eigenvalue weighted by molar-refractivity contribution is 8.15. The zero-order chi connectivity index (χ0) is 40.5. The third-order valence-corrected chi connectivity index (χ3v) is 12.0. The predicted octanol–water partition coefficient (Wildman–Crippen LogP) is 3.09. The first-order valence-corrected chi connectivity index (χ1v) is 20.3. The molecule has 4 saturated carbocycles. The van der Waals surface area contributed by atoms with Crippen molar-refractivity contribution in [3.63, 3.8) is 0 Å². The fourth-order valence-electron chi connectivity index (χ4n) is 8.76. The minimum absolute atomic E-state index is 0.0453. The number of hydrogen-bond acceptors (Lipinski definition) is 10. The Bertz CT molecular complexity index is 1760. The number of imide groups is 1. The van der Waals surface area contributed by atoms with Crippen molar-refractivity contribution < 1.29 is 24.2 Å². The first-order chi connectivity index (χ1) is 26.7. The van der Waals surface area contributed by atoms with Crippen molar-refractivity contribution >= 4 is 40.7 Å². The first-order valence-electron chi connectivity index (χ1n) is 19.4. The van der Waals surface area contributed by atoms with E-state index in [9.17, 15) is 19.5 Å². The summed E-state index contributed by atoms with van der Waals surface area (Å²) in [5.41, 5.74) is 12.7. The number of hydrogen-bond donors (Lipinski definition) is 6. The molecule has 56 heavy (non-hydrogen) atoms. The number of thioether (sulfide) groups is 1. The molecule has 2 saturated heterocycles. The number of nitrogens with two attached hydrogens (primary N) is 2. The van der Waals surface area contributed by atoms with E-state index in [1.165, 1.54) is 16.9 Å². The van der Waals surface area contributed by atoms with Crippen molar-refractivity contribution in [1.82, 2.24) is 25.4 Å². The Labute approximate surface area is 333 Å². The van der Waals surface area contributed by atoms with Crippen LogP contribution >= 0.6 is 11.8 Å². The van der Waals surface area contributed by atoms with E-state index in [0.717, 1.165) is 86.6 Å². The van der Waals surface area contributed by atoms with Crippen molar-refractivity contribution in [3.05, 3.63) is 59.4 Å². The quantitative estimate of drug-likeness (QED) is 0.151. The molecule has 302 valence electrons. The van der Waals surface area contributed by atoms with Crippen LogP contribution in [0.4, 0.5) is 4.79 Å². The monoisotopic (exact) mass is 788 g/mol. The summed E-state index contributed by atoms with van der Waals surface area (Å²) >= 11 is 1.05. The Hall–Kier alpha value is -4.72. The maximum atomic E-state index is 12.4. The minimum Gasteiger partial charge on any atom is -0.493 e. The van der Waals surface area contributed by atoms with E-state index in [4.69, 9.17) is 26.9 Å². The summed E-state index contributed by atoms with van der Waals surface area (Å²) in [6, 6.07) is 13.8. The summed E-state index contributed by atoms with van der Waals surface area (Å²) < 4.78 is 5.75. The average Bonchev–Trinajstić information content (AvgIpc) is 3.76. The third-order valence-electron chi connectivity index (χ3n) is 11.1. The Morgan fingerprint density at radius 1 is 1.16 bits per heavy atom. The number of likely N-dealkylation sites (tertiary alicyclic amines) is 1. The molecule has 4 bridgehead atoms. The minimum atomic E-state index is -0.497. The largest absolute Gasteiger partial charge is 0.493 e. The molecule has 1 aromatic heterocycles. The van der Waals surface area contributed by atoms with Gasteiger partial charge in [0.25, 0.3) is 5.24 Å². The second-order valence-electron chi connectivity index (χ2n) is 15.8. The van der Waals surface area contributed by atoms with Crippen LogP contribution in [0.1, 0.15) is 75.1 Å². The number of nitrogens with one attached hydrogen (secondary N) is 3. The molecule has 3 unspecified atom stereocenters. The Morgan fingerprint density at radius 2 is 1.86 bits per heavy atom. The molecule has 4 aliphatic carbocycles. The number of amides is 3. The number of carbonyl (C=O) groups excluding carboxylic acids is 3. The lowest BCUT2D eigenvalue weighted by Crippen LogP contribution is -2.65. The summed E-state index contributed by atoms with van der Waals surface area (Å²) in [6.07, 6.45) is 12.1. The van der Waals surface area contributed by atoms with Gasteiger partial charge in [-0.2, -0.15) is 10.3 Å². The summed E-state index contributed by atoms with van der Waals surface area (Å²) in [6.45, 7) is 3.70. The van der Waals surface area contributed by atoms with E-state index in [1.807, 2.05) is 36.5 Å². The first kappa shape index (κ1) is 42.4. The van der Waals surface area contributed by atoms with E-state index in [-0.39, 0.29) is 45.8 Å². The number of aromatic nitrogens is 1. The van der Waals surface area contributed by atoms with Crippen LogP contribution in [-0.4, -0.2) is 105 Å². The summed E-state index contributed by atoms with van der Waals surface area (Å²) in [4.78, 5) is 46.3. The molecular formula is C40H56N10O5S. The van der Waals surface area contributed by atoms with Crippen LogP contribution in [0.15, 0.2) is 47.6 Å². The van der Waals surface area contributed by atoms with Crippen LogP contribution in [-0.2, 0) is 28.9 Å². The van der Waals surface area contributed by atoms with E-state index in [2.05, 4.69) is 39.7 Å². The molecule has 2 aromatic rings. The standard InChI is InChI=1S/C19H20N2O3S.C17H25N3O2.C4H11N5/c1-2-13-3-6-15(20-12-13)9-10-24-16-7-4-14(5-8-16)11-17-18(22)21-19(23)25-17;18-9-14-2-1-3-20(14)15(21)10-19-16-5-12-4-13(6-16)8-17(22,7-12)11-16;1-9(2)4(7)8-3(5)6/h3-8,12,17H,2,9-11H2,1H3,(H,21,22,23);12-14,19,22H,1-8,10-11H2;1-2H3,(H5,5,6,7,8)/t;12-,13+,14-,16?,17?;/m.0./s1. The van der Waals surface area contributed by atoms with Gasteiger partial charge in [-0.15, -0.1) is 0 Å². The van der Waals surface area contributed by atoms with Gasteiger partial charge in [0, 0.05) is 44.5 Å². The van der Waals surface area contributed by atoms with Gasteiger partial charge in [0.1, 0.15) is 11.8 Å². The molecule has 15 nitrogen and oxygen atoms in total. The highest BCUT2D eigenvalue weighted by Gasteiger charge is 2.57. The predicted molar refractivity (Wildman–Crippen MR) is 216 cm³/mol. The number of aliphatic hydroxyl groups is 1. The van der Waals surface area contributed by atoms with Crippen molar-refractivity contribution in [3.8, 4) is 11.8 Å². The second-order valence-corrected chi connectivity index (χ2v) is 17.0. The summed E-state index contributed by atoms with van der Waals surface area (Å²) in [5.74, 6) is 1.82. The van der Waals surface area contributed by atoms with Gasteiger partial charge in [-0.1, -0.05) is 36.9 Å². The topological polar surface area (TPSA) is 236 Å². The maximum Gasteiger partial charge on any atom is 0.286 e. The van der Waals surface area contributed by atoms with Crippen LogP contribution in [0.2, 0.25) is 0 Å². The number of guanidine groups is 2. The lowest BCUT2D eigenvalue weighted by atomic mass is 9.51. The number of aryl methyl sites for hydroxylation is 1. The van der Waals surface area contributed by atoms with Crippen LogP contribution in [0.25, 0.3) is 0 Å². The van der Waals surface area contributed by atoms with Crippen molar-refractivity contribution in [1.29, 1.82) is 10.7 Å². The van der Waals surface area contributed by atoms with Gasteiger partial charge in [-0.3, -0.25) is 30.1 Å². The molecular weight excluding hydrogens is 733 g/mol. The maximum absolute atomic E-state index is 12.4. The van der Waals surface area contributed by atoms with Crippen LogP contribution in [0, 0.1) is 28.6 Å². The normalized spacial score (nSPS) is 26.9. The smallest absolute Gasteiger partial charge is 0.286 e. The average molecular weight is 789 g/mol. The molecule has 8 rings (SSSR count). The van der Waals surface area contributed by atoms with Gasteiger partial charge in [0.15, 0.2) is 5.96 Å². The number of nitrogens with zero attached hydrogens (tertiary/aromatic N) is 5. The van der Waals surface area contributed by atoms with Crippen LogP contribution in [0.3, 0.4) is 0 Å². The summed E-state index contributed by atoms with van der Waals surface area (Å²) in [7, 11) is 3.38. The van der Waals surface area contributed by atoms with Crippen LogP contribution in [0.5, 0.6) is 5.75 Å². The zero-order valence-electron chi connectivity index (χ0n) is 32.6. The number of carbonyl (C=O) groups is 3. The van der Waals surface area contributed by atoms with E-state index >= 15 is 0 Å². The molecule has 0 radical (unpaired) electrons. The molecule has 3 amide bonds. The van der Waals surface area contributed by atoms with Gasteiger partial charge < -0.3 is 36.4 Å². The van der Waals surface area contributed by atoms with Gasteiger partial charge in [0.05, 0.1) is 30.1 Å². The van der Waals surface area contributed by atoms with Gasteiger partial charge in [-0.05, 0) is 105 Å². The molecule has 1 aromatic carbocycles. The molecule has 6 aliphatic rings. The lowest BCUT2D eigenvalue weighted by molar-refractivity contribution is -0.147. The number of pyridine rings is 1. The summed E-state index contributed by atoms with van der Waals surface area (Å²) in [5, 5.41) is 32.1. The molecule has 2 aliphatic heterocycles. The zero-order valence-corrected chi connectivity index (χ0v) is 33.4. The fourth-order valence-corrected chi connectivity index (χ4v) is 9.62. The van der Waals surface area contributed by atoms with E-state index in [1.54, 1.807) is 19.0 Å². The highest BCUT2D eigenvalue weighted by Crippen LogP contribution is 2.57. The Morgan fingerprint density at radius 3 is 2.39 bits per heavy atom. The molecule has 6 atom stereocenters. The molecule has 3 heterocycles. The van der Waals surface area contributed by atoms with Crippen molar-refractivity contribution in [2.75, 3.05) is 33.8 Å².